The maximum absolute atomic E-state index is 6.01. The van der Waals surface area contributed by atoms with Crippen molar-refractivity contribution in [3.63, 3.8) is 0 Å². The van der Waals surface area contributed by atoms with Crippen molar-refractivity contribution in [2.24, 2.45) is 0 Å². The van der Waals surface area contributed by atoms with Crippen molar-refractivity contribution in [3.8, 4) is 0 Å². The first-order chi connectivity index (χ1) is 9.29. The first kappa shape index (κ1) is 16.5. The SMILES string of the molecule is CCCOS(OCCC)(OCCC)c1ccccc1. The van der Waals surface area contributed by atoms with Gasteiger partial charge in [-0.15, -0.1) is 0 Å². The van der Waals surface area contributed by atoms with Crippen LogP contribution in [0.3, 0.4) is 0 Å². The quantitative estimate of drug-likeness (QED) is 0.614. The summed E-state index contributed by atoms with van der Waals surface area (Å²) < 4.78 is 18.0. The summed E-state index contributed by atoms with van der Waals surface area (Å²) in [5.41, 5.74) is 0. The molecule has 1 aromatic rings. The zero-order valence-corrected chi connectivity index (χ0v) is 13.1. The first-order valence-electron chi connectivity index (χ1n) is 7.10. The normalized spacial score (nSPS) is 12.6. The van der Waals surface area contributed by atoms with E-state index in [-0.39, 0.29) is 0 Å². The highest BCUT2D eigenvalue weighted by molar-refractivity contribution is 8.21. The molecule has 0 saturated heterocycles. The smallest absolute Gasteiger partial charge is 0.120 e. The Hall–Kier alpha value is -0.550. The van der Waals surface area contributed by atoms with Gasteiger partial charge in [-0.2, -0.15) is 0 Å². The van der Waals surface area contributed by atoms with E-state index < -0.39 is 10.9 Å². The van der Waals surface area contributed by atoms with Gasteiger partial charge in [0.25, 0.3) is 0 Å². The third-order valence-corrected chi connectivity index (χ3v) is 4.64. The molecule has 0 spiro atoms. The standard InChI is InChI=1S/C15H26O3S/c1-4-12-16-19(17-13-5-2,18-14-6-3)15-10-8-7-9-11-15/h7-11H,4-6,12-14H2,1-3H3. The van der Waals surface area contributed by atoms with Crippen LogP contribution in [0.2, 0.25) is 0 Å². The molecule has 1 rings (SSSR count). The van der Waals surface area contributed by atoms with Crippen LogP contribution >= 0.6 is 10.9 Å². The summed E-state index contributed by atoms with van der Waals surface area (Å²) in [6.45, 7) is 8.23. The summed E-state index contributed by atoms with van der Waals surface area (Å²) in [6.07, 6.45) is 2.85. The predicted molar refractivity (Wildman–Crippen MR) is 81.0 cm³/mol. The fourth-order valence-electron chi connectivity index (χ4n) is 1.47. The molecule has 0 aliphatic carbocycles. The minimum atomic E-state index is -2.06. The molecule has 0 saturated carbocycles. The van der Waals surface area contributed by atoms with Gasteiger partial charge in [-0.1, -0.05) is 39.0 Å². The molecule has 1 aromatic carbocycles. The topological polar surface area (TPSA) is 27.7 Å². The van der Waals surface area contributed by atoms with E-state index in [1.54, 1.807) is 0 Å². The lowest BCUT2D eigenvalue weighted by atomic mass is 10.4. The second-order valence-electron chi connectivity index (χ2n) is 4.23. The minimum absolute atomic E-state index is 0.650. The van der Waals surface area contributed by atoms with Crippen LogP contribution in [0.5, 0.6) is 0 Å². The number of rotatable bonds is 10. The van der Waals surface area contributed by atoms with Crippen LogP contribution < -0.4 is 0 Å². The zero-order chi connectivity index (χ0) is 14.0. The first-order valence-corrected chi connectivity index (χ1v) is 8.51. The monoisotopic (exact) mass is 286 g/mol. The third-order valence-electron chi connectivity index (χ3n) is 2.36. The zero-order valence-electron chi connectivity index (χ0n) is 12.3. The summed E-state index contributed by atoms with van der Waals surface area (Å²) in [5.74, 6) is 0. The largest absolute Gasteiger partial charge is 0.289 e. The Balaban J connectivity index is 2.94. The molecule has 0 aliphatic heterocycles. The molecule has 0 amide bonds. The lowest BCUT2D eigenvalue weighted by molar-refractivity contribution is 0.169. The van der Waals surface area contributed by atoms with Crippen LogP contribution in [-0.4, -0.2) is 19.8 Å². The molecule has 0 heterocycles. The lowest BCUT2D eigenvalue weighted by Crippen LogP contribution is -2.15. The molecule has 3 nitrogen and oxygen atoms in total. The highest BCUT2D eigenvalue weighted by Gasteiger charge is 2.29. The molecule has 4 heteroatoms. The van der Waals surface area contributed by atoms with Crippen LogP contribution in [0.15, 0.2) is 35.2 Å². The summed E-state index contributed by atoms with van der Waals surface area (Å²) in [4.78, 5) is 1.00. The lowest BCUT2D eigenvalue weighted by Gasteiger charge is -2.37. The molecule has 0 bridgehead atoms. The highest BCUT2D eigenvalue weighted by atomic mass is 32.3. The van der Waals surface area contributed by atoms with Crippen molar-refractivity contribution in [1.82, 2.24) is 0 Å². The van der Waals surface area contributed by atoms with Crippen molar-refractivity contribution >= 4 is 10.9 Å². The van der Waals surface area contributed by atoms with Crippen LogP contribution in [0.4, 0.5) is 0 Å². The summed E-state index contributed by atoms with van der Waals surface area (Å²) in [5, 5.41) is 0. The second kappa shape index (κ2) is 9.37. The Labute approximate surface area is 119 Å². The van der Waals surface area contributed by atoms with Gasteiger partial charge < -0.3 is 0 Å². The minimum Gasteiger partial charge on any atom is -0.289 e. The molecule has 0 fully saturated rings. The molecule has 110 valence electrons. The average Bonchev–Trinajstić information content (AvgIpc) is 2.48. The van der Waals surface area contributed by atoms with Crippen LogP contribution in [0.25, 0.3) is 0 Å². The maximum atomic E-state index is 6.01. The molecular weight excluding hydrogens is 260 g/mol. The maximum Gasteiger partial charge on any atom is 0.120 e. The van der Waals surface area contributed by atoms with Crippen molar-refractivity contribution in [2.45, 2.75) is 44.9 Å². The number of hydrogen-bond donors (Lipinski definition) is 0. The van der Waals surface area contributed by atoms with Gasteiger partial charge in [-0.3, -0.25) is 12.5 Å². The van der Waals surface area contributed by atoms with Gasteiger partial charge in [-0.05, 0) is 31.4 Å². The van der Waals surface area contributed by atoms with E-state index >= 15 is 0 Å². The number of hydrogen-bond acceptors (Lipinski definition) is 3. The average molecular weight is 286 g/mol. The fourth-order valence-corrected chi connectivity index (χ4v) is 3.73. The van der Waals surface area contributed by atoms with E-state index in [1.807, 2.05) is 30.3 Å². The number of benzene rings is 1. The van der Waals surface area contributed by atoms with Gasteiger partial charge in [0, 0.05) is 0 Å². The fraction of sp³-hybridized carbons (Fsp3) is 0.600. The van der Waals surface area contributed by atoms with E-state index in [2.05, 4.69) is 20.8 Å². The van der Waals surface area contributed by atoms with E-state index in [0.717, 1.165) is 24.2 Å². The van der Waals surface area contributed by atoms with Crippen molar-refractivity contribution in [2.75, 3.05) is 19.8 Å². The molecule has 0 aromatic heterocycles. The van der Waals surface area contributed by atoms with Gasteiger partial charge >= 0.3 is 0 Å². The summed E-state index contributed by atoms with van der Waals surface area (Å²) in [6, 6.07) is 10.0. The summed E-state index contributed by atoms with van der Waals surface area (Å²) >= 11 is 0. The Morgan fingerprint density at radius 2 is 1.16 bits per heavy atom. The molecule has 0 atom stereocenters. The van der Waals surface area contributed by atoms with E-state index in [0.29, 0.717) is 19.8 Å². The highest BCUT2D eigenvalue weighted by Crippen LogP contribution is 2.59. The Bertz CT molecular complexity index is 308. The van der Waals surface area contributed by atoms with Gasteiger partial charge in [0.1, 0.15) is 10.9 Å². The Morgan fingerprint density at radius 3 is 1.53 bits per heavy atom. The molecule has 0 N–H and O–H groups in total. The van der Waals surface area contributed by atoms with Gasteiger partial charge in [0.15, 0.2) is 0 Å². The molecule has 0 unspecified atom stereocenters. The Kier molecular flexibility index (Phi) is 8.14. The van der Waals surface area contributed by atoms with Crippen molar-refractivity contribution < 1.29 is 12.5 Å². The predicted octanol–water partition coefficient (Wildman–Crippen LogP) is 4.87. The van der Waals surface area contributed by atoms with Crippen LogP contribution in [0, 0.1) is 0 Å². The third kappa shape index (κ3) is 5.15. The molecule has 0 aliphatic rings. The Morgan fingerprint density at radius 1 is 0.737 bits per heavy atom. The van der Waals surface area contributed by atoms with Crippen LogP contribution in [-0.2, 0) is 12.5 Å². The van der Waals surface area contributed by atoms with Gasteiger partial charge in [-0.25, -0.2) is 0 Å². The van der Waals surface area contributed by atoms with Crippen LogP contribution in [0.1, 0.15) is 40.0 Å². The van der Waals surface area contributed by atoms with Gasteiger partial charge in [0.05, 0.1) is 24.7 Å². The summed E-state index contributed by atoms with van der Waals surface area (Å²) in [7, 11) is -2.06. The molecule has 0 radical (unpaired) electrons. The van der Waals surface area contributed by atoms with E-state index in [1.165, 1.54) is 0 Å². The molecular formula is C15H26O3S. The van der Waals surface area contributed by atoms with Crippen molar-refractivity contribution in [1.29, 1.82) is 0 Å². The van der Waals surface area contributed by atoms with E-state index in [9.17, 15) is 0 Å². The van der Waals surface area contributed by atoms with E-state index in [4.69, 9.17) is 12.5 Å². The van der Waals surface area contributed by atoms with Gasteiger partial charge in [0.2, 0.25) is 0 Å². The second-order valence-corrected chi connectivity index (χ2v) is 6.32. The molecule has 19 heavy (non-hydrogen) atoms. The van der Waals surface area contributed by atoms with Crippen molar-refractivity contribution in [3.05, 3.63) is 30.3 Å².